The van der Waals surface area contributed by atoms with Crippen LogP contribution in [-0.4, -0.2) is 39.1 Å². The maximum absolute atomic E-state index is 16.4. The average Bonchev–Trinajstić information content (AvgIpc) is 3.49. The zero-order valence-corrected chi connectivity index (χ0v) is 23.5. The van der Waals surface area contributed by atoms with Crippen LogP contribution in [0.25, 0.3) is 22.5 Å². The van der Waals surface area contributed by atoms with Gasteiger partial charge in [-0.2, -0.15) is 0 Å². The number of nitrogens with one attached hydrogen (secondary N) is 2. The molecule has 0 aliphatic heterocycles. The number of hydrogen-bond donors (Lipinski definition) is 2. The van der Waals surface area contributed by atoms with E-state index in [1.165, 1.54) is 6.42 Å². The highest BCUT2D eigenvalue weighted by Gasteiger charge is 2.28. The van der Waals surface area contributed by atoms with Gasteiger partial charge in [0.15, 0.2) is 5.82 Å². The van der Waals surface area contributed by atoms with Crippen LogP contribution in [0.3, 0.4) is 0 Å². The SMILES string of the molecule is Cc1ccc(CC(=O)Nc2cc(-c3ccccc3-c3nnn[nH]3)cc(F)c2N(CC(C)C)C2CCCCC2)cc1. The van der Waals surface area contributed by atoms with E-state index in [2.05, 4.69) is 44.7 Å². The van der Waals surface area contributed by atoms with Gasteiger partial charge in [-0.15, -0.1) is 5.10 Å². The van der Waals surface area contributed by atoms with E-state index in [1.807, 2.05) is 61.5 Å². The third-order valence-corrected chi connectivity index (χ3v) is 7.53. The molecule has 7 nitrogen and oxygen atoms in total. The van der Waals surface area contributed by atoms with Crippen LogP contribution in [0.2, 0.25) is 0 Å². The predicted molar refractivity (Wildman–Crippen MR) is 158 cm³/mol. The molecule has 3 aromatic carbocycles. The Morgan fingerprint density at radius 1 is 1.05 bits per heavy atom. The highest BCUT2D eigenvalue weighted by atomic mass is 19.1. The zero-order valence-electron chi connectivity index (χ0n) is 23.5. The van der Waals surface area contributed by atoms with Crippen LogP contribution < -0.4 is 10.2 Å². The molecule has 1 fully saturated rings. The van der Waals surface area contributed by atoms with Crippen molar-refractivity contribution in [2.24, 2.45) is 5.92 Å². The molecule has 0 saturated heterocycles. The molecule has 0 radical (unpaired) electrons. The molecule has 208 valence electrons. The summed E-state index contributed by atoms with van der Waals surface area (Å²) in [5.74, 6) is 0.299. The lowest BCUT2D eigenvalue weighted by Gasteiger charge is -2.38. The molecule has 40 heavy (non-hydrogen) atoms. The topological polar surface area (TPSA) is 86.8 Å². The zero-order chi connectivity index (χ0) is 28.1. The van der Waals surface area contributed by atoms with Crippen molar-refractivity contribution in [1.29, 1.82) is 0 Å². The van der Waals surface area contributed by atoms with Gasteiger partial charge < -0.3 is 10.2 Å². The van der Waals surface area contributed by atoms with Crippen molar-refractivity contribution in [2.45, 2.75) is 65.3 Å². The molecule has 1 aromatic heterocycles. The van der Waals surface area contributed by atoms with E-state index in [0.29, 0.717) is 35.2 Å². The fourth-order valence-electron chi connectivity index (χ4n) is 5.65. The molecule has 1 aliphatic carbocycles. The van der Waals surface area contributed by atoms with Crippen molar-refractivity contribution < 1.29 is 9.18 Å². The van der Waals surface area contributed by atoms with Crippen molar-refractivity contribution in [3.63, 3.8) is 0 Å². The number of halogens is 1. The van der Waals surface area contributed by atoms with E-state index in [-0.39, 0.29) is 24.2 Å². The normalized spacial score (nSPS) is 13.9. The summed E-state index contributed by atoms with van der Waals surface area (Å²) in [5, 5.41) is 17.4. The molecule has 0 unspecified atom stereocenters. The van der Waals surface area contributed by atoms with Crippen molar-refractivity contribution in [3.8, 4) is 22.5 Å². The Hall–Kier alpha value is -4.07. The molecule has 1 heterocycles. The lowest BCUT2D eigenvalue weighted by molar-refractivity contribution is -0.115. The Kier molecular flexibility index (Phi) is 8.53. The summed E-state index contributed by atoms with van der Waals surface area (Å²) >= 11 is 0. The molecule has 0 bridgehead atoms. The van der Waals surface area contributed by atoms with Crippen LogP contribution in [0, 0.1) is 18.7 Å². The number of anilines is 2. The molecular weight excluding hydrogens is 503 g/mol. The Morgan fingerprint density at radius 3 is 2.45 bits per heavy atom. The van der Waals surface area contributed by atoms with Crippen LogP contribution >= 0.6 is 0 Å². The average molecular weight is 541 g/mol. The van der Waals surface area contributed by atoms with Gasteiger partial charge in [0.25, 0.3) is 0 Å². The number of nitrogens with zero attached hydrogens (tertiary/aromatic N) is 4. The summed E-state index contributed by atoms with van der Waals surface area (Å²) in [4.78, 5) is 15.6. The van der Waals surface area contributed by atoms with E-state index >= 15 is 4.39 Å². The molecule has 2 N–H and O–H groups in total. The van der Waals surface area contributed by atoms with E-state index in [9.17, 15) is 4.79 Å². The minimum atomic E-state index is -0.347. The third kappa shape index (κ3) is 6.38. The van der Waals surface area contributed by atoms with Crippen LogP contribution in [-0.2, 0) is 11.2 Å². The molecule has 5 rings (SSSR count). The summed E-state index contributed by atoms with van der Waals surface area (Å²) in [6.45, 7) is 7.03. The molecule has 1 aliphatic rings. The number of tetrazole rings is 1. The predicted octanol–water partition coefficient (Wildman–Crippen LogP) is 6.96. The lowest BCUT2D eigenvalue weighted by atomic mass is 9.92. The van der Waals surface area contributed by atoms with Crippen LogP contribution in [0.1, 0.15) is 57.1 Å². The molecule has 0 atom stereocenters. The fraction of sp³-hybridized carbons (Fsp3) is 0.375. The minimum absolute atomic E-state index is 0.178. The third-order valence-electron chi connectivity index (χ3n) is 7.53. The second kappa shape index (κ2) is 12.4. The Balaban J connectivity index is 1.59. The van der Waals surface area contributed by atoms with Gasteiger partial charge in [0.05, 0.1) is 17.8 Å². The highest BCUT2D eigenvalue weighted by molar-refractivity contribution is 5.97. The second-order valence-corrected chi connectivity index (χ2v) is 11.2. The van der Waals surface area contributed by atoms with E-state index in [0.717, 1.165) is 47.9 Å². The maximum Gasteiger partial charge on any atom is 0.228 e. The van der Waals surface area contributed by atoms with Crippen LogP contribution in [0.4, 0.5) is 15.8 Å². The number of aromatic amines is 1. The number of H-pyrrole nitrogens is 1. The van der Waals surface area contributed by atoms with E-state index in [1.54, 1.807) is 6.07 Å². The number of carbonyl (C=O) groups is 1. The number of carbonyl (C=O) groups excluding carboxylic acids is 1. The largest absolute Gasteiger partial charge is 0.364 e. The summed E-state index contributed by atoms with van der Waals surface area (Å²) in [7, 11) is 0. The fourth-order valence-corrected chi connectivity index (χ4v) is 5.65. The summed E-state index contributed by atoms with van der Waals surface area (Å²) in [6, 6.07) is 19.2. The van der Waals surface area contributed by atoms with Crippen molar-refractivity contribution in [3.05, 3.63) is 77.6 Å². The van der Waals surface area contributed by atoms with Gasteiger partial charge in [0.2, 0.25) is 5.91 Å². The minimum Gasteiger partial charge on any atom is -0.364 e. The summed E-state index contributed by atoms with van der Waals surface area (Å²) in [5.41, 5.74) is 5.18. The molecule has 8 heteroatoms. The molecule has 4 aromatic rings. The Morgan fingerprint density at radius 2 is 1.77 bits per heavy atom. The van der Waals surface area contributed by atoms with E-state index in [4.69, 9.17) is 0 Å². The van der Waals surface area contributed by atoms with Crippen LogP contribution in [0.15, 0.2) is 60.7 Å². The molecule has 1 saturated carbocycles. The summed E-state index contributed by atoms with van der Waals surface area (Å²) < 4.78 is 16.4. The van der Waals surface area contributed by atoms with Gasteiger partial charge in [-0.3, -0.25) is 4.79 Å². The van der Waals surface area contributed by atoms with Gasteiger partial charge in [0, 0.05) is 18.2 Å². The van der Waals surface area contributed by atoms with Gasteiger partial charge in [-0.05, 0) is 64.9 Å². The maximum atomic E-state index is 16.4. The first-order valence-corrected chi connectivity index (χ1v) is 14.2. The first kappa shape index (κ1) is 27.5. The highest BCUT2D eigenvalue weighted by Crippen LogP contribution is 2.40. The van der Waals surface area contributed by atoms with Gasteiger partial charge in [-0.25, -0.2) is 9.49 Å². The number of hydrogen-bond acceptors (Lipinski definition) is 5. The van der Waals surface area contributed by atoms with Gasteiger partial charge in [-0.1, -0.05) is 87.2 Å². The second-order valence-electron chi connectivity index (χ2n) is 11.2. The first-order chi connectivity index (χ1) is 19.4. The number of amides is 1. The Bertz CT molecular complexity index is 1430. The van der Waals surface area contributed by atoms with Gasteiger partial charge in [0.1, 0.15) is 5.82 Å². The van der Waals surface area contributed by atoms with Crippen molar-refractivity contribution in [1.82, 2.24) is 20.6 Å². The molecular formula is C32H37FN6O. The number of aryl methyl sites for hydroxylation is 1. The quantitative estimate of drug-likeness (QED) is 0.240. The van der Waals surface area contributed by atoms with Crippen LogP contribution in [0.5, 0.6) is 0 Å². The molecule has 0 spiro atoms. The van der Waals surface area contributed by atoms with Gasteiger partial charge >= 0.3 is 0 Å². The Labute approximate surface area is 235 Å². The first-order valence-electron chi connectivity index (χ1n) is 14.2. The molecule has 1 amide bonds. The number of aromatic nitrogens is 4. The number of rotatable bonds is 9. The smallest absolute Gasteiger partial charge is 0.228 e. The standard InChI is InChI=1S/C32H37FN6O/c1-21(2)20-39(25-9-5-4-6-10-25)31-28(33)18-24(26-11-7-8-12-27(26)32-35-37-38-36-32)19-29(31)34-30(40)17-23-15-13-22(3)14-16-23/h7-8,11-16,18-19,21,25H,4-6,9-10,17,20H2,1-3H3,(H,34,40)(H,35,36,37,38). The summed E-state index contributed by atoms with van der Waals surface area (Å²) in [6.07, 6.45) is 5.72. The van der Waals surface area contributed by atoms with Crippen molar-refractivity contribution in [2.75, 3.05) is 16.8 Å². The number of benzene rings is 3. The van der Waals surface area contributed by atoms with Crippen molar-refractivity contribution >= 4 is 17.3 Å². The van der Waals surface area contributed by atoms with E-state index < -0.39 is 0 Å². The monoisotopic (exact) mass is 540 g/mol. The lowest BCUT2D eigenvalue weighted by Crippen LogP contribution is -2.40.